The molecular formula is C35H37N3O3. The fourth-order valence-electron chi connectivity index (χ4n) is 5.61. The Kier molecular flexibility index (Phi) is 9.73. The predicted molar refractivity (Wildman–Crippen MR) is 163 cm³/mol. The van der Waals surface area contributed by atoms with Gasteiger partial charge in [0.1, 0.15) is 6.04 Å². The van der Waals surface area contributed by atoms with Gasteiger partial charge >= 0.3 is 0 Å². The van der Waals surface area contributed by atoms with E-state index in [1.165, 1.54) is 0 Å². The molecule has 4 aromatic carbocycles. The van der Waals surface area contributed by atoms with Crippen LogP contribution in [-0.2, 0) is 17.9 Å². The lowest BCUT2D eigenvalue weighted by atomic mass is 9.82. The second-order valence-corrected chi connectivity index (χ2v) is 10.4. The number of carbonyl (C=O) groups is 1. The van der Waals surface area contributed by atoms with E-state index in [2.05, 4.69) is 15.5 Å². The van der Waals surface area contributed by atoms with Crippen LogP contribution in [0.5, 0.6) is 0 Å². The topological polar surface area (TPSA) is 84.8 Å². The lowest BCUT2D eigenvalue weighted by molar-refractivity contribution is -0.125. The number of benzene rings is 4. The standard InChI is InChI=1S/C35H37N3O3/c39-25-29-21-22-31(36-23-26-13-5-1-6-14-26)34(40)32(29)38(24-27-15-7-2-8-16-27)33(28-17-9-3-10-18-28)35(41)37-30-19-11-4-12-20-30/h1-22,29,31-34,36,39-40H,23-25H2,(H,37,41)/t29-,31+,32-,33+,34+/m0/s1. The summed E-state index contributed by atoms with van der Waals surface area (Å²) in [6.45, 7) is 0.829. The highest BCUT2D eigenvalue weighted by atomic mass is 16.3. The number of hydrogen-bond acceptors (Lipinski definition) is 5. The van der Waals surface area contributed by atoms with Crippen molar-refractivity contribution < 1.29 is 15.0 Å². The summed E-state index contributed by atoms with van der Waals surface area (Å²) in [4.78, 5) is 16.2. The molecular weight excluding hydrogens is 510 g/mol. The van der Waals surface area contributed by atoms with Crippen LogP contribution in [-0.4, -0.2) is 45.8 Å². The maximum absolute atomic E-state index is 14.2. The van der Waals surface area contributed by atoms with Gasteiger partial charge in [-0.25, -0.2) is 0 Å². The number of hydrogen-bond donors (Lipinski definition) is 4. The summed E-state index contributed by atoms with van der Waals surface area (Å²) < 4.78 is 0. The first-order chi connectivity index (χ1) is 20.1. The number of carbonyl (C=O) groups excluding carboxylic acids is 1. The lowest BCUT2D eigenvalue weighted by Crippen LogP contribution is -2.59. The molecule has 5 atom stereocenters. The molecule has 6 heteroatoms. The van der Waals surface area contributed by atoms with Crippen LogP contribution < -0.4 is 10.6 Å². The summed E-state index contributed by atoms with van der Waals surface area (Å²) in [7, 11) is 0. The number of nitrogens with zero attached hydrogens (tertiary/aromatic N) is 1. The highest BCUT2D eigenvalue weighted by Gasteiger charge is 2.43. The van der Waals surface area contributed by atoms with Crippen LogP contribution in [0, 0.1) is 5.92 Å². The summed E-state index contributed by atoms with van der Waals surface area (Å²) >= 11 is 0. The van der Waals surface area contributed by atoms with E-state index in [1.54, 1.807) is 0 Å². The van der Waals surface area contributed by atoms with Crippen LogP contribution in [0.4, 0.5) is 5.69 Å². The van der Waals surface area contributed by atoms with Gasteiger partial charge in [0.25, 0.3) is 0 Å². The molecule has 5 rings (SSSR count). The molecule has 0 spiro atoms. The minimum absolute atomic E-state index is 0.156. The summed E-state index contributed by atoms with van der Waals surface area (Å²) in [5, 5.41) is 29.0. The molecule has 0 aliphatic heterocycles. The number of para-hydroxylation sites is 1. The average molecular weight is 548 g/mol. The lowest BCUT2D eigenvalue weighted by Gasteiger charge is -2.46. The number of nitrogens with one attached hydrogen (secondary N) is 2. The number of aliphatic hydroxyl groups excluding tert-OH is 2. The number of anilines is 1. The molecule has 1 aliphatic rings. The smallest absolute Gasteiger partial charge is 0.246 e. The second kappa shape index (κ2) is 14.0. The number of aliphatic hydroxyl groups is 2. The molecule has 210 valence electrons. The van der Waals surface area contributed by atoms with Crippen molar-refractivity contribution in [1.29, 1.82) is 0 Å². The molecule has 1 amide bonds. The first kappa shape index (κ1) is 28.5. The van der Waals surface area contributed by atoms with Crippen LogP contribution in [0.25, 0.3) is 0 Å². The second-order valence-electron chi connectivity index (χ2n) is 10.4. The monoisotopic (exact) mass is 547 g/mol. The van der Waals surface area contributed by atoms with E-state index in [-0.39, 0.29) is 24.5 Å². The Morgan fingerprint density at radius 2 is 1.32 bits per heavy atom. The molecule has 0 heterocycles. The van der Waals surface area contributed by atoms with Crippen LogP contribution in [0.3, 0.4) is 0 Å². The van der Waals surface area contributed by atoms with E-state index in [1.807, 2.05) is 133 Å². The van der Waals surface area contributed by atoms with E-state index in [4.69, 9.17) is 0 Å². The molecule has 41 heavy (non-hydrogen) atoms. The minimum Gasteiger partial charge on any atom is -0.396 e. The minimum atomic E-state index is -0.889. The number of amides is 1. The normalized spacial score (nSPS) is 21.0. The van der Waals surface area contributed by atoms with Crippen LogP contribution in [0.15, 0.2) is 133 Å². The van der Waals surface area contributed by atoms with Crippen molar-refractivity contribution in [3.05, 3.63) is 150 Å². The van der Waals surface area contributed by atoms with Gasteiger partial charge in [-0.2, -0.15) is 0 Å². The van der Waals surface area contributed by atoms with Crippen LogP contribution >= 0.6 is 0 Å². The van der Waals surface area contributed by atoms with Gasteiger partial charge in [0.15, 0.2) is 0 Å². The molecule has 0 radical (unpaired) electrons. The Labute approximate surface area is 242 Å². The Morgan fingerprint density at radius 3 is 1.93 bits per heavy atom. The Hall–Kier alpha value is -4.07. The zero-order chi connectivity index (χ0) is 28.4. The SMILES string of the molecule is O=C(Nc1ccccc1)[C@@H](c1ccccc1)N(Cc1ccccc1)[C@@H]1[C@H](O)[C@H](NCc2ccccc2)C=C[C@H]1CO. The Bertz CT molecular complexity index is 1380. The molecule has 4 aromatic rings. The van der Waals surface area contributed by atoms with Crippen molar-refractivity contribution in [3.8, 4) is 0 Å². The van der Waals surface area contributed by atoms with Crippen LogP contribution in [0.2, 0.25) is 0 Å². The van der Waals surface area contributed by atoms with Gasteiger partial charge in [0, 0.05) is 30.7 Å². The summed E-state index contributed by atoms with van der Waals surface area (Å²) in [5.74, 6) is -0.579. The van der Waals surface area contributed by atoms with Gasteiger partial charge in [0.05, 0.1) is 18.8 Å². The van der Waals surface area contributed by atoms with Crippen molar-refractivity contribution in [3.63, 3.8) is 0 Å². The van der Waals surface area contributed by atoms with E-state index < -0.39 is 18.2 Å². The summed E-state index contributed by atoms with van der Waals surface area (Å²) in [5.41, 5.74) is 3.63. The van der Waals surface area contributed by atoms with Gasteiger partial charge in [-0.1, -0.05) is 121 Å². The van der Waals surface area contributed by atoms with Crippen molar-refractivity contribution in [2.24, 2.45) is 5.92 Å². The zero-order valence-electron chi connectivity index (χ0n) is 23.0. The van der Waals surface area contributed by atoms with Crippen molar-refractivity contribution >= 4 is 11.6 Å². The molecule has 4 N–H and O–H groups in total. The fraction of sp³-hybridized carbons (Fsp3) is 0.229. The highest BCUT2D eigenvalue weighted by molar-refractivity contribution is 5.95. The quantitative estimate of drug-likeness (QED) is 0.200. The first-order valence-corrected chi connectivity index (χ1v) is 14.1. The van der Waals surface area contributed by atoms with Gasteiger partial charge in [-0.15, -0.1) is 0 Å². The zero-order valence-corrected chi connectivity index (χ0v) is 23.0. The molecule has 0 unspecified atom stereocenters. The van der Waals surface area contributed by atoms with Gasteiger partial charge in [-0.05, 0) is 28.8 Å². The van der Waals surface area contributed by atoms with Crippen molar-refractivity contribution in [2.75, 3.05) is 11.9 Å². The molecule has 0 aromatic heterocycles. The largest absolute Gasteiger partial charge is 0.396 e. The van der Waals surface area contributed by atoms with Gasteiger partial charge in [-0.3, -0.25) is 9.69 Å². The maximum atomic E-state index is 14.2. The molecule has 6 nitrogen and oxygen atoms in total. The number of rotatable bonds is 11. The van der Waals surface area contributed by atoms with E-state index >= 15 is 0 Å². The van der Waals surface area contributed by atoms with E-state index in [0.29, 0.717) is 18.8 Å². The van der Waals surface area contributed by atoms with E-state index in [9.17, 15) is 15.0 Å². The summed E-state index contributed by atoms with van der Waals surface area (Å²) in [6, 6.07) is 37.4. The van der Waals surface area contributed by atoms with Crippen molar-refractivity contribution in [2.45, 2.75) is 37.3 Å². The third-order valence-electron chi connectivity index (χ3n) is 7.65. The molecule has 0 saturated carbocycles. The molecule has 0 saturated heterocycles. The van der Waals surface area contributed by atoms with Crippen LogP contribution in [0.1, 0.15) is 22.7 Å². The molecule has 0 bridgehead atoms. The van der Waals surface area contributed by atoms with E-state index in [0.717, 1.165) is 16.7 Å². The first-order valence-electron chi connectivity index (χ1n) is 14.1. The molecule has 0 fully saturated rings. The predicted octanol–water partition coefficient (Wildman–Crippen LogP) is 4.93. The summed E-state index contributed by atoms with van der Waals surface area (Å²) in [6.07, 6.45) is 3.02. The van der Waals surface area contributed by atoms with Gasteiger partial charge < -0.3 is 20.8 Å². The maximum Gasteiger partial charge on any atom is 0.246 e. The average Bonchev–Trinajstić information content (AvgIpc) is 3.02. The fourth-order valence-corrected chi connectivity index (χ4v) is 5.61. The third-order valence-corrected chi connectivity index (χ3v) is 7.65. The van der Waals surface area contributed by atoms with Crippen molar-refractivity contribution in [1.82, 2.24) is 10.2 Å². The Morgan fingerprint density at radius 1 is 0.756 bits per heavy atom. The highest BCUT2D eigenvalue weighted by Crippen LogP contribution is 2.34. The molecule has 1 aliphatic carbocycles. The Balaban J connectivity index is 1.53. The van der Waals surface area contributed by atoms with Gasteiger partial charge in [0.2, 0.25) is 5.91 Å². The third kappa shape index (κ3) is 7.17.